The number of fused-ring (bicyclic) bond motifs is 1. The van der Waals surface area contributed by atoms with Gasteiger partial charge in [-0.1, -0.05) is 12.0 Å². The average Bonchev–Trinajstić information content (AvgIpc) is 3.22. The molecule has 3 aromatic rings. The Bertz CT molecular complexity index is 1120. The predicted octanol–water partition coefficient (Wildman–Crippen LogP) is 4.17. The zero-order valence-corrected chi connectivity index (χ0v) is 18.1. The number of hydrogen-bond acceptors (Lipinski definition) is 5. The van der Waals surface area contributed by atoms with Gasteiger partial charge in [0.05, 0.1) is 11.3 Å². The van der Waals surface area contributed by atoms with Gasteiger partial charge in [-0.3, -0.25) is 0 Å². The Morgan fingerprint density at radius 3 is 2.90 bits per heavy atom. The van der Waals surface area contributed by atoms with Crippen molar-refractivity contribution in [1.82, 2.24) is 19.9 Å². The molecule has 7 nitrogen and oxygen atoms in total. The van der Waals surface area contributed by atoms with E-state index in [4.69, 9.17) is 4.74 Å². The Morgan fingerprint density at radius 2 is 2.13 bits per heavy atom. The summed E-state index contributed by atoms with van der Waals surface area (Å²) < 4.78 is 5.56. The molecule has 1 saturated heterocycles. The van der Waals surface area contributed by atoms with Crippen LogP contribution in [0.1, 0.15) is 44.9 Å². The molecule has 1 aliphatic rings. The van der Waals surface area contributed by atoms with Gasteiger partial charge in [-0.2, -0.15) is 0 Å². The molecule has 2 N–H and O–H groups in total. The molecule has 1 atom stereocenters. The number of ether oxygens (including phenoxy) is 1. The molecule has 0 aliphatic carbocycles. The maximum atomic E-state index is 12.5. The maximum absolute atomic E-state index is 12.5. The monoisotopic (exact) mass is 417 g/mol. The Labute approximate surface area is 182 Å². The summed E-state index contributed by atoms with van der Waals surface area (Å²) in [6, 6.07) is 7.74. The van der Waals surface area contributed by atoms with E-state index in [-0.39, 0.29) is 12.1 Å². The number of hydrogen-bond donors (Lipinski definition) is 2. The minimum Gasteiger partial charge on any atom is -0.444 e. The largest absolute Gasteiger partial charge is 0.444 e. The average molecular weight is 418 g/mol. The molecule has 0 saturated carbocycles. The highest BCUT2D eigenvalue weighted by Crippen LogP contribution is 2.27. The normalized spacial score (nSPS) is 16.5. The zero-order valence-electron chi connectivity index (χ0n) is 18.1. The van der Waals surface area contributed by atoms with Crippen molar-refractivity contribution in [2.24, 2.45) is 0 Å². The second-order valence-corrected chi connectivity index (χ2v) is 8.66. The van der Waals surface area contributed by atoms with Crippen molar-refractivity contribution >= 4 is 22.8 Å². The number of carbonyl (C=O) groups excluding carboxylic acids is 1. The van der Waals surface area contributed by atoms with Crippen molar-refractivity contribution in [2.75, 3.05) is 18.4 Å². The molecule has 0 spiro atoms. The highest BCUT2D eigenvalue weighted by molar-refractivity contribution is 5.92. The fourth-order valence-electron chi connectivity index (χ4n) is 3.62. The molecule has 4 heterocycles. The van der Waals surface area contributed by atoms with Gasteiger partial charge in [-0.25, -0.2) is 14.8 Å². The molecule has 1 fully saturated rings. The quantitative estimate of drug-likeness (QED) is 0.612. The minimum atomic E-state index is -0.506. The standard InChI is InChI=1S/C24H27N5O2/c1-24(2,3)31-23(30)29-14-6-8-19(16-29)28-21-17(9-10-18-7-4-5-12-25-18)15-27-22-20(21)11-13-26-22/h4-5,7,11-13,15,19H,6,8,14,16H2,1-3H3,(H2,26,27,28). The van der Waals surface area contributed by atoms with Crippen molar-refractivity contribution < 1.29 is 9.53 Å². The molecule has 4 rings (SSSR count). The van der Waals surface area contributed by atoms with E-state index in [1.54, 1.807) is 17.3 Å². The first-order valence-corrected chi connectivity index (χ1v) is 10.5. The minimum absolute atomic E-state index is 0.0946. The first-order chi connectivity index (χ1) is 14.9. The molecule has 1 unspecified atom stereocenters. The number of amides is 1. The van der Waals surface area contributed by atoms with Gasteiger partial charge in [0.25, 0.3) is 0 Å². The second kappa shape index (κ2) is 8.68. The van der Waals surface area contributed by atoms with E-state index in [1.807, 2.05) is 51.2 Å². The number of piperidine rings is 1. The number of rotatable bonds is 2. The van der Waals surface area contributed by atoms with Crippen LogP contribution in [0.2, 0.25) is 0 Å². The number of anilines is 1. The highest BCUT2D eigenvalue weighted by Gasteiger charge is 2.28. The van der Waals surface area contributed by atoms with E-state index in [0.717, 1.165) is 35.1 Å². The number of aromatic nitrogens is 3. The Balaban J connectivity index is 1.58. The van der Waals surface area contributed by atoms with Gasteiger partial charge in [0, 0.05) is 43.1 Å². The van der Waals surface area contributed by atoms with Gasteiger partial charge in [0.15, 0.2) is 0 Å². The van der Waals surface area contributed by atoms with E-state index < -0.39 is 5.60 Å². The summed E-state index contributed by atoms with van der Waals surface area (Å²) in [7, 11) is 0. The number of nitrogens with one attached hydrogen (secondary N) is 2. The van der Waals surface area contributed by atoms with Gasteiger partial charge < -0.3 is 19.9 Å². The van der Waals surface area contributed by atoms with Gasteiger partial charge in [-0.05, 0) is 57.7 Å². The van der Waals surface area contributed by atoms with E-state index >= 15 is 0 Å². The summed E-state index contributed by atoms with van der Waals surface area (Å²) in [6.07, 6.45) is 6.96. The van der Waals surface area contributed by atoms with Crippen molar-refractivity contribution in [3.05, 3.63) is 54.1 Å². The maximum Gasteiger partial charge on any atom is 0.410 e. The fraction of sp³-hybridized carbons (Fsp3) is 0.375. The predicted molar refractivity (Wildman–Crippen MR) is 121 cm³/mol. The smallest absolute Gasteiger partial charge is 0.410 e. The third-order valence-electron chi connectivity index (χ3n) is 5.00. The Hall–Kier alpha value is -3.53. The lowest BCUT2D eigenvalue weighted by Gasteiger charge is -2.35. The molecule has 1 aliphatic heterocycles. The number of pyridine rings is 2. The van der Waals surface area contributed by atoms with Crippen LogP contribution in [0, 0.1) is 11.8 Å². The lowest BCUT2D eigenvalue weighted by Crippen LogP contribution is -2.47. The van der Waals surface area contributed by atoms with Crippen LogP contribution in [0.5, 0.6) is 0 Å². The first-order valence-electron chi connectivity index (χ1n) is 10.5. The summed E-state index contributed by atoms with van der Waals surface area (Å²) in [5, 5.41) is 4.60. The van der Waals surface area contributed by atoms with Crippen LogP contribution in [-0.4, -0.2) is 50.7 Å². The molecule has 160 valence electrons. The summed E-state index contributed by atoms with van der Waals surface area (Å²) in [6.45, 7) is 6.94. The molecular weight excluding hydrogens is 390 g/mol. The molecular formula is C24H27N5O2. The number of carbonyl (C=O) groups is 1. The van der Waals surface area contributed by atoms with Gasteiger partial charge >= 0.3 is 6.09 Å². The van der Waals surface area contributed by atoms with E-state index in [2.05, 4.69) is 32.1 Å². The highest BCUT2D eigenvalue weighted by atomic mass is 16.6. The SMILES string of the molecule is CC(C)(C)OC(=O)N1CCCC(Nc2c(C#Cc3ccccn3)cnc3[nH]ccc23)C1. The third-order valence-corrected chi connectivity index (χ3v) is 5.00. The molecule has 0 bridgehead atoms. The van der Waals surface area contributed by atoms with Crippen LogP contribution >= 0.6 is 0 Å². The molecule has 0 radical (unpaired) electrons. The van der Waals surface area contributed by atoms with E-state index in [9.17, 15) is 4.79 Å². The first kappa shape index (κ1) is 20.7. The number of H-pyrrole nitrogens is 1. The van der Waals surface area contributed by atoms with Crippen LogP contribution in [0.15, 0.2) is 42.9 Å². The Kier molecular flexibility index (Phi) is 5.81. The molecule has 1 amide bonds. The second-order valence-electron chi connectivity index (χ2n) is 8.66. The molecule has 0 aromatic carbocycles. The molecule has 3 aromatic heterocycles. The summed E-state index contributed by atoms with van der Waals surface area (Å²) in [4.78, 5) is 26.2. The Morgan fingerprint density at radius 1 is 1.26 bits per heavy atom. The van der Waals surface area contributed by atoms with Gasteiger partial charge in [0.1, 0.15) is 16.9 Å². The zero-order chi connectivity index (χ0) is 21.8. The van der Waals surface area contributed by atoms with Gasteiger partial charge in [-0.15, -0.1) is 0 Å². The van der Waals surface area contributed by atoms with Gasteiger partial charge in [0.2, 0.25) is 0 Å². The van der Waals surface area contributed by atoms with Crippen molar-refractivity contribution in [1.29, 1.82) is 0 Å². The van der Waals surface area contributed by atoms with Crippen LogP contribution in [-0.2, 0) is 4.74 Å². The van der Waals surface area contributed by atoms with Crippen LogP contribution in [0.25, 0.3) is 11.0 Å². The van der Waals surface area contributed by atoms with E-state index in [1.165, 1.54) is 0 Å². The van der Waals surface area contributed by atoms with Crippen molar-refractivity contribution in [3.63, 3.8) is 0 Å². The van der Waals surface area contributed by atoms with Crippen LogP contribution < -0.4 is 5.32 Å². The lowest BCUT2D eigenvalue weighted by molar-refractivity contribution is 0.0206. The summed E-state index contributed by atoms with van der Waals surface area (Å²) >= 11 is 0. The third kappa shape index (κ3) is 5.15. The molecule has 7 heteroatoms. The number of nitrogens with zero attached hydrogens (tertiary/aromatic N) is 3. The van der Waals surface area contributed by atoms with Crippen molar-refractivity contribution in [3.8, 4) is 11.8 Å². The van der Waals surface area contributed by atoms with Crippen LogP contribution in [0.3, 0.4) is 0 Å². The topological polar surface area (TPSA) is 83.1 Å². The van der Waals surface area contributed by atoms with E-state index in [0.29, 0.717) is 18.8 Å². The molecule has 31 heavy (non-hydrogen) atoms. The number of likely N-dealkylation sites (tertiary alicyclic amines) is 1. The summed E-state index contributed by atoms with van der Waals surface area (Å²) in [5.74, 6) is 6.32. The lowest BCUT2D eigenvalue weighted by atomic mass is 10.0. The summed E-state index contributed by atoms with van der Waals surface area (Å²) in [5.41, 5.74) is 2.72. The number of aromatic amines is 1. The van der Waals surface area contributed by atoms with Crippen LogP contribution in [0.4, 0.5) is 10.5 Å². The van der Waals surface area contributed by atoms with Crippen molar-refractivity contribution in [2.45, 2.75) is 45.3 Å². The fourth-order valence-corrected chi connectivity index (χ4v) is 3.62.